The lowest BCUT2D eigenvalue weighted by atomic mass is 10.0. The first-order valence-corrected chi connectivity index (χ1v) is 8.04. The maximum atomic E-state index is 14.3. The molecule has 1 aromatic rings. The van der Waals surface area contributed by atoms with E-state index in [4.69, 9.17) is 4.74 Å². The van der Waals surface area contributed by atoms with Gasteiger partial charge in [-0.05, 0) is 29.7 Å². The number of hydrogen-bond donors (Lipinski definition) is 1. The number of hydrazine groups is 1. The number of nitrogens with zero attached hydrogens (tertiary/aromatic N) is 1. The van der Waals surface area contributed by atoms with Crippen LogP contribution < -0.4 is 5.43 Å². The Labute approximate surface area is 142 Å². The Morgan fingerprint density at radius 2 is 2.04 bits per heavy atom. The summed E-state index contributed by atoms with van der Waals surface area (Å²) in [6.45, 7) is 7.20. The second-order valence-electron chi connectivity index (χ2n) is 5.75. The van der Waals surface area contributed by atoms with Gasteiger partial charge in [0, 0.05) is 4.47 Å². The van der Waals surface area contributed by atoms with Crippen LogP contribution >= 0.6 is 15.9 Å². The molecule has 7 heteroatoms. The van der Waals surface area contributed by atoms with E-state index in [-0.39, 0.29) is 18.6 Å². The first kappa shape index (κ1) is 17.9. The standard InChI is InChI=1S/C16H19BrF2N2O2/c1-4-16(18,19)14(11-5-7-12(17)8-6-11)20-21-13(10(2)3)9-23-15(21)22/h4-8,10,13-14,20H,1,9H2,2-3H3/t13-,14-/m1/s1. The van der Waals surface area contributed by atoms with Gasteiger partial charge in [-0.2, -0.15) is 8.78 Å². The third-order valence-electron chi connectivity index (χ3n) is 3.80. The van der Waals surface area contributed by atoms with Crippen molar-refractivity contribution in [3.05, 3.63) is 47.0 Å². The topological polar surface area (TPSA) is 41.6 Å². The van der Waals surface area contributed by atoms with E-state index in [0.29, 0.717) is 11.6 Å². The number of rotatable bonds is 6. The molecular formula is C16H19BrF2N2O2. The monoisotopic (exact) mass is 388 g/mol. The molecule has 0 aliphatic carbocycles. The van der Waals surface area contributed by atoms with Crippen LogP contribution in [0.25, 0.3) is 0 Å². The van der Waals surface area contributed by atoms with Crippen molar-refractivity contribution >= 4 is 22.0 Å². The van der Waals surface area contributed by atoms with Crippen LogP contribution in [0.4, 0.5) is 13.6 Å². The van der Waals surface area contributed by atoms with Gasteiger partial charge < -0.3 is 4.74 Å². The fourth-order valence-corrected chi connectivity index (χ4v) is 2.63. The second kappa shape index (κ2) is 6.97. The van der Waals surface area contributed by atoms with Crippen LogP contribution in [0, 0.1) is 5.92 Å². The Hall–Kier alpha value is -1.47. The number of alkyl halides is 2. The molecule has 2 rings (SSSR count). The van der Waals surface area contributed by atoms with Gasteiger partial charge in [-0.1, -0.05) is 48.5 Å². The Bertz CT molecular complexity index is 578. The minimum atomic E-state index is -3.24. The SMILES string of the molecule is C=CC(F)(F)[C@H](NN1C(=O)OC[C@@H]1C(C)C)c1ccc(Br)cc1. The van der Waals surface area contributed by atoms with E-state index in [0.717, 1.165) is 9.48 Å². The van der Waals surface area contributed by atoms with Gasteiger partial charge in [-0.25, -0.2) is 15.2 Å². The molecule has 1 aromatic carbocycles. The summed E-state index contributed by atoms with van der Waals surface area (Å²) in [7, 11) is 0. The van der Waals surface area contributed by atoms with Gasteiger partial charge in [0.25, 0.3) is 5.92 Å². The molecule has 126 valence electrons. The molecule has 2 atom stereocenters. The van der Waals surface area contributed by atoms with Crippen molar-refractivity contribution in [1.82, 2.24) is 10.4 Å². The van der Waals surface area contributed by atoms with E-state index < -0.39 is 18.1 Å². The van der Waals surface area contributed by atoms with Crippen LogP contribution in [0.5, 0.6) is 0 Å². The number of amides is 1. The van der Waals surface area contributed by atoms with E-state index in [9.17, 15) is 13.6 Å². The molecule has 1 N–H and O–H groups in total. The largest absolute Gasteiger partial charge is 0.446 e. The van der Waals surface area contributed by atoms with E-state index in [1.807, 2.05) is 13.8 Å². The van der Waals surface area contributed by atoms with Gasteiger partial charge >= 0.3 is 6.09 Å². The number of carbonyl (C=O) groups excluding carboxylic acids is 1. The summed E-state index contributed by atoms with van der Waals surface area (Å²) in [4.78, 5) is 11.9. The van der Waals surface area contributed by atoms with Gasteiger partial charge in [0.1, 0.15) is 12.6 Å². The first-order chi connectivity index (χ1) is 10.8. The van der Waals surface area contributed by atoms with Gasteiger partial charge in [0.05, 0.1) is 6.04 Å². The smallest absolute Gasteiger partial charge is 0.424 e. The molecule has 1 saturated heterocycles. The lowest BCUT2D eigenvalue weighted by Gasteiger charge is -2.33. The molecule has 0 spiro atoms. The normalized spacial score (nSPS) is 19.8. The predicted molar refractivity (Wildman–Crippen MR) is 87.0 cm³/mol. The van der Waals surface area contributed by atoms with Crippen molar-refractivity contribution in [2.24, 2.45) is 5.92 Å². The summed E-state index contributed by atoms with van der Waals surface area (Å²) in [6.07, 6.45) is -0.0657. The molecular weight excluding hydrogens is 370 g/mol. The number of carbonyl (C=O) groups is 1. The van der Waals surface area contributed by atoms with Crippen LogP contribution in [-0.4, -0.2) is 29.7 Å². The van der Waals surface area contributed by atoms with Crippen molar-refractivity contribution < 1.29 is 18.3 Å². The van der Waals surface area contributed by atoms with Crippen molar-refractivity contribution in [2.45, 2.75) is 31.9 Å². The summed E-state index contributed by atoms with van der Waals surface area (Å²) in [6, 6.07) is 4.77. The maximum Gasteiger partial charge on any atom is 0.424 e. The van der Waals surface area contributed by atoms with Gasteiger partial charge in [0.15, 0.2) is 0 Å². The molecule has 0 bridgehead atoms. The quantitative estimate of drug-likeness (QED) is 0.738. The number of benzene rings is 1. The van der Waals surface area contributed by atoms with Gasteiger partial charge in [-0.3, -0.25) is 0 Å². The highest BCUT2D eigenvalue weighted by atomic mass is 79.9. The Kier molecular flexibility index (Phi) is 5.41. The fraction of sp³-hybridized carbons (Fsp3) is 0.438. The second-order valence-corrected chi connectivity index (χ2v) is 6.67. The van der Waals surface area contributed by atoms with E-state index in [1.165, 1.54) is 0 Å². The summed E-state index contributed by atoms with van der Waals surface area (Å²) >= 11 is 3.28. The third kappa shape index (κ3) is 3.90. The lowest BCUT2D eigenvalue weighted by molar-refractivity contribution is -0.0188. The van der Waals surface area contributed by atoms with Crippen LogP contribution in [0.2, 0.25) is 0 Å². The molecule has 4 nitrogen and oxygen atoms in total. The number of halogens is 3. The Morgan fingerprint density at radius 1 is 1.43 bits per heavy atom. The summed E-state index contributed by atoms with van der Waals surface area (Å²) in [5, 5.41) is 1.16. The zero-order valence-corrected chi connectivity index (χ0v) is 14.5. The highest BCUT2D eigenvalue weighted by molar-refractivity contribution is 9.10. The van der Waals surface area contributed by atoms with Crippen LogP contribution in [-0.2, 0) is 4.74 Å². The highest BCUT2D eigenvalue weighted by Crippen LogP contribution is 2.34. The van der Waals surface area contributed by atoms with Crippen molar-refractivity contribution in [3.8, 4) is 0 Å². The third-order valence-corrected chi connectivity index (χ3v) is 4.33. The summed E-state index contributed by atoms with van der Waals surface area (Å²) < 4.78 is 34.5. The predicted octanol–water partition coefficient (Wildman–Crippen LogP) is 4.29. The van der Waals surface area contributed by atoms with Crippen molar-refractivity contribution in [2.75, 3.05) is 6.61 Å². The van der Waals surface area contributed by atoms with Crippen molar-refractivity contribution in [1.29, 1.82) is 0 Å². The molecule has 1 fully saturated rings. The molecule has 1 heterocycles. The van der Waals surface area contributed by atoms with Crippen LogP contribution in [0.1, 0.15) is 25.5 Å². The average Bonchev–Trinajstić information content (AvgIpc) is 2.87. The molecule has 1 amide bonds. The van der Waals surface area contributed by atoms with Crippen LogP contribution in [0.3, 0.4) is 0 Å². The molecule has 0 saturated carbocycles. The van der Waals surface area contributed by atoms with Gasteiger partial charge in [-0.15, -0.1) is 0 Å². The zero-order chi connectivity index (χ0) is 17.2. The summed E-state index contributed by atoms with van der Waals surface area (Å²) in [5.41, 5.74) is 2.99. The number of cyclic esters (lactones) is 1. The molecule has 0 radical (unpaired) electrons. The Morgan fingerprint density at radius 3 is 2.57 bits per heavy atom. The molecule has 1 aliphatic heterocycles. The fourth-order valence-electron chi connectivity index (χ4n) is 2.37. The van der Waals surface area contributed by atoms with E-state index in [1.54, 1.807) is 24.3 Å². The summed E-state index contributed by atoms with van der Waals surface area (Å²) in [5.74, 6) is -3.17. The zero-order valence-electron chi connectivity index (χ0n) is 12.9. The maximum absolute atomic E-state index is 14.3. The molecule has 23 heavy (non-hydrogen) atoms. The number of nitrogens with one attached hydrogen (secondary N) is 1. The minimum absolute atomic E-state index is 0.0665. The average molecular weight is 389 g/mol. The van der Waals surface area contributed by atoms with Gasteiger partial charge in [0.2, 0.25) is 0 Å². The van der Waals surface area contributed by atoms with Crippen LogP contribution in [0.15, 0.2) is 41.4 Å². The minimum Gasteiger partial charge on any atom is -0.446 e. The molecule has 0 aromatic heterocycles. The van der Waals surface area contributed by atoms with E-state index >= 15 is 0 Å². The lowest BCUT2D eigenvalue weighted by Crippen LogP contribution is -2.52. The number of hydrogen-bond acceptors (Lipinski definition) is 3. The Balaban J connectivity index is 2.33. The first-order valence-electron chi connectivity index (χ1n) is 7.25. The van der Waals surface area contributed by atoms with E-state index in [2.05, 4.69) is 27.9 Å². The van der Waals surface area contributed by atoms with Crippen molar-refractivity contribution in [3.63, 3.8) is 0 Å². The number of ether oxygens (including phenoxy) is 1. The molecule has 0 unspecified atom stereocenters. The molecule has 1 aliphatic rings. The highest BCUT2D eigenvalue weighted by Gasteiger charge is 2.43.